The first-order valence-electron chi connectivity index (χ1n) is 9.71. The molecule has 2 fully saturated rings. The van der Waals surface area contributed by atoms with E-state index in [0.717, 1.165) is 29.6 Å². The molecule has 0 aromatic rings. The van der Waals surface area contributed by atoms with Crippen LogP contribution in [0.2, 0.25) is 0 Å². The van der Waals surface area contributed by atoms with Crippen molar-refractivity contribution >= 4 is 0 Å². The molecular formula is C22H32. The highest BCUT2D eigenvalue weighted by Crippen LogP contribution is 2.63. The zero-order valence-corrected chi connectivity index (χ0v) is 14.5. The Bertz CT molecular complexity index is 522. The fourth-order valence-electron chi connectivity index (χ4n) is 6.68. The molecule has 22 heavy (non-hydrogen) atoms. The summed E-state index contributed by atoms with van der Waals surface area (Å²) in [6.45, 7) is 9.21. The number of hydrogen-bond donors (Lipinski definition) is 0. The van der Waals surface area contributed by atoms with Crippen LogP contribution in [0.15, 0.2) is 36.0 Å². The molecule has 4 aliphatic carbocycles. The van der Waals surface area contributed by atoms with E-state index < -0.39 is 0 Å². The molecule has 0 spiro atoms. The molecule has 0 amide bonds. The molecule has 6 unspecified atom stereocenters. The third-order valence-corrected chi connectivity index (χ3v) is 7.82. The Labute approximate surface area is 136 Å². The molecule has 0 bridgehead atoms. The monoisotopic (exact) mass is 296 g/mol. The van der Waals surface area contributed by atoms with E-state index in [1.54, 1.807) is 5.57 Å². The van der Waals surface area contributed by atoms with Crippen LogP contribution in [0.1, 0.15) is 65.2 Å². The van der Waals surface area contributed by atoms with E-state index >= 15 is 0 Å². The molecule has 0 heterocycles. The summed E-state index contributed by atoms with van der Waals surface area (Å²) in [5, 5.41) is 0. The van der Waals surface area contributed by atoms with Gasteiger partial charge in [0.1, 0.15) is 0 Å². The van der Waals surface area contributed by atoms with Crippen LogP contribution in [0.25, 0.3) is 0 Å². The summed E-state index contributed by atoms with van der Waals surface area (Å²) in [6.07, 6.45) is 18.8. The average Bonchev–Trinajstić information content (AvgIpc) is 2.84. The van der Waals surface area contributed by atoms with Gasteiger partial charge in [0.05, 0.1) is 0 Å². The maximum absolute atomic E-state index is 4.19. The van der Waals surface area contributed by atoms with Gasteiger partial charge in [-0.1, -0.05) is 57.1 Å². The van der Waals surface area contributed by atoms with Gasteiger partial charge in [0.25, 0.3) is 0 Å². The highest BCUT2D eigenvalue weighted by Gasteiger charge is 2.54. The Morgan fingerprint density at radius 2 is 2.09 bits per heavy atom. The van der Waals surface area contributed by atoms with Crippen molar-refractivity contribution in [1.29, 1.82) is 0 Å². The molecular weight excluding hydrogens is 264 g/mol. The minimum Gasteiger partial charge on any atom is -0.0958 e. The van der Waals surface area contributed by atoms with Crippen LogP contribution < -0.4 is 0 Å². The Balaban J connectivity index is 1.63. The van der Waals surface area contributed by atoms with E-state index in [2.05, 4.69) is 38.7 Å². The van der Waals surface area contributed by atoms with Crippen LogP contribution in [0, 0.1) is 35.0 Å². The average molecular weight is 296 g/mol. The van der Waals surface area contributed by atoms with Crippen molar-refractivity contribution in [3.63, 3.8) is 0 Å². The highest BCUT2D eigenvalue weighted by molar-refractivity contribution is 5.37. The second kappa shape index (κ2) is 5.39. The molecule has 0 radical (unpaired) electrons. The van der Waals surface area contributed by atoms with Crippen molar-refractivity contribution in [3.8, 4) is 0 Å². The van der Waals surface area contributed by atoms with Gasteiger partial charge in [-0.25, -0.2) is 0 Å². The van der Waals surface area contributed by atoms with Gasteiger partial charge in [-0.2, -0.15) is 0 Å². The lowest BCUT2D eigenvalue weighted by Gasteiger charge is -2.52. The standard InChI is InChI=1S/C22H32/c1-4-5-17-8-11-21-20-10-7-16-14-15(2)6-9-18(16)19(20)12-13-22(17,21)3/h7,10,14,17-21H,2,4-6,8-9,11-13H2,1,3H3. The van der Waals surface area contributed by atoms with Crippen molar-refractivity contribution < 1.29 is 0 Å². The van der Waals surface area contributed by atoms with Crippen molar-refractivity contribution in [1.82, 2.24) is 0 Å². The van der Waals surface area contributed by atoms with Crippen molar-refractivity contribution in [2.75, 3.05) is 0 Å². The molecule has 0 aromatic heterocycles. The van der Waals surface area contributed by atoms with Gasteiger partial charge >= 0.3 is 0 Å². The minimum absolute atomic E-state index is 0.640. The molecule has 4 aliphatic rings. The maximum Gasteiger partial charge on any atom is -0.0125 e. The highest BCUT2D eigenvalue weighted by atomic mass is 14.6. The Morgan fingerprint density at radius 1 is 1.23 bits per heavy atom. The summed E-state index contributed by atoms with van der Waals surface area (Å²) in [5.74, 6) is 4.61. The molecule has 0 N–H and O–H groups in total. The fourth-order valence-corrected chi connectivity index (χ4v) is 6.68. The van der Waals surface area contributed by atoms with Gasteiger partial charge in [-0.3, -0.25) is 0 Å². The lowest BCUT2D eigenvalue weighted by atomic mass is 9.52. The molecule has 0 aromatic carbocycles. The smallest absolute Gasteiger partial charge is 0.0125 e. The van der Waals surface area contributed by atoms with Crippen LogP contribution in [0.4, 0.5) is 0 Å². The fraction of sp³-hybridized carbons (Fsp3) is 0.727. The van der Waals surface area contributed by atoms with Gasteiger partial charge in [-0.05, 0) is 79.1 Å². The quantitative estimate of drug-likeness (QED) is 0.560. The Morgan fingerprint density at radius 3 is 2.91 bits per heavy atom. The molecule has 4 rings (SSSR count). The molecule has 0 nitrogen and oxygen atoms in total. The van der Waals surface area contributed by atoms with E-state index in [-0.39, 0.29) is 0 Å². The summed E-state index contributed by atoms with van der Waals surface area (Å²) in [5.41, 5.74) is 3.59. The van der Waals surface area contributed by atoms with Gasteiger partial charge in [0.15, 0.2) is 0 Å². The number of hydrogen-bond acceptors (Lipinski definition) is 0. The predicted octanol–water partition coefficient (Wildman–Crippen LogP) is 6.31. The first-order chi connectivity index (χ1) is 10.6. The van der Waals surface area contributed by atoms with Gasteiger partial charge in [0, 0.05) is 0 Å². The van der Waals surface area contributed by atoms with Gasteiger partial charge in [0.2, 0.25) is 0 Å². The van der Waals surface area contributed by atoms with Crippen LogP contribution >= 0.6 is 0 Å². The van der Waals surface area contributed by atoms with E-state index in [0.29, 0.717) is 5.41 Å². The normalized spacial score (nSPS) is 46.7. The molecule has 2 saturated carbocycles. The maximum atomic E-state index is 4.19. The summed E-state index contributed by atoms with van der Waals surface area (Å²) < 4.78 is 0. The first-order valence-corrected chi connectivity index (χ1v) is 9.71. The number of fused-ring (bicyclic) bond motifs is 5. The SMILES string of the molecule is C=C1C=C2C=CC3C(CCC4(C)C(CCC)CCC34)C2CC1. The molecule has 0 saturated heterocycles. The Hall–Kier alpha value is -0.780. The summed E-state index contributed by atoms with van der Waals surface area (Å²) in [4.78, 5) is 0. The largest absolute Gasteiger partial charge is 0.0958 e. The molecule has 120 valence electrons. The van der Waals surface area contributed by atoms with Crippen molar-refractivity contribution in [2.45, 2.75) is 65.2 Å². The van der Waals surface area contributed by atoms with Crippen LogP contribution in [-0.4, -0.2) is 0 Å². The molecule has 6 atom stereocenters. The zero-order chi connectivity index (χ0) is 15.3. The van der Waals surface area contributed by atoms with E-state index in [1.807, 2.05) is 0 Å². The van der Waals surface area contributed by atoms with Crippen molar-refractivity contribution in [3.05, 3.63) is 36.0 Å². The van der Waals surface area contributed by atoms with Gasteiger partial charge in [-0.15, -0.1) is 0 Å². The van der Waals surface area contributed by atoms with E-state index in [9.17, 15) is 0 Å². The van der Waals surface area contributed by atoms with Crippen LogP contribution in [0.5, 0.6) is 0 Å². The van der Waals surface area contributed by atoms with E-state index in [1.165, 1.54) is 56.9 Å². The lowest BCUT2D eigenvalue weighted by molar-refractivity contribution is 0.0110. The third kappa shape index (κ3) is 2.09. The lowest BCUT2D eigenvalue weighted by Crippen LogP contribution is -2.44. The van der Waals surface area contributed by atoms with Crippen LogP contribution in [0.3, 0.4) is 0 Å². The predicted molar refractivity (Wildman–Crippen MR) is 94.5 cm³/mol. The second-order valence-corrected chi connectivity index (χ2v) is 8.76. The Kier molecular flexibility index (Phi) is 3.62. The summed E-state index contributed by atoms with van der Waals surface area (Å²) in [7, 11) is 0. The van der Waals surface area contributed by atoms with Gasteiger partial charge < -0.3 is 0 Å². The third-order valence-electron chi connectivity index (χ3n) is 7.82. The topological polar surface area (TPSA) is 0 Å². The molecule has 0 heteroatoms. The van der Waals surface area contributed by atoms with Crippen LogP contribution in [-0.2, 0) is 0 Å². The van der Waals surface area contributed by atoms with E-state index in [4.69, 9.17) is 0 Å². The summed E-state index contributed by atoms with van der Waals surface area (Å²) in [6, 6.07) is 0. The minimum atomic E-state index is 0.640. The first kappa shape index (κ1) is 14.8. The summed E-state index contributed by atoms with van der Waals surface area (Å²) >= 11 is 0. The second-order valence-electron chi connectivity index (χ2n) is 8.76. The zero-order valence-electron chi connectivity index (χ0n) is 14.5. The number of rotatable bonds is 2. The number of allylic oxidation sites excluding steroid dienone is 5. The van der Waals surface area contributed by atoms with Crippen molar-refractivity contribution in [2.24, 2.45) is 35.0 Å². The molecule has 0 aliphatic heterocycles.